The van der Waals surface area contributed by atoms with Gasteiger partial charge in [-0.1, -0.05) is 22.9 Å². The highest BCUT2D eigenvalue weighted by Gasteiger charge is 2.20. The third-order valence-corrected chi connectivity index (χ3v) is 3.00. The maximum absolute atomic E-state index is 5.94. The summed E-state index contributed by atoms with van der Waals surface area (Å²) < 4.78 is 1.75. The van der Waals surface area contributed by atoms with Crippen molar-refractivity contribution in [3.05, 3.63) is 41.2 Å². The van der Waals surface area contributed by atoms with Gasteiger partial charge in [0.15, 0.2) is 0 Å². The number of aromatic nitrogens is 3. The number of nitrogens with zero attached hydrogens (tertiary/aromatic N) is 3. The smallest absolute Gasteiger partial charge is 0.0969 e. The van der Waals surface area contributed by atoms with Crippen molar-refractivity contribution in [2.75, 3.05) is 0 Å². The van der Waals surface area contributed by atoms with Crippen molar-refractivity contribution in [1.82, 2.24) is 20.3 Å². The zero-order valence-electron chi connectivity index (χ0n) is 9.31. The van der Waals surface area contributed by atoms with Crippen LogP contribution < -0.4 is 5.32 Å². The van der Waals surface area contributed by atoms with Crippen LogP contribution in [0.1, 0.15) is 18.5 Å². The van der Waals surface area contributed by atoms with Crippen molar-refractivity contribution in [1.29, 1.82) is 0 Å². The van der Waals surface area contributed by atoms with Crippen molar-refractivity contribution in [2.24, 2.45) is 0 Å². The Hall–Kier alpha value is -1.39. The van der Waals surface area contributed by atoms with E-state index in [1.807, 2.05) is 30.5 Å². The first-order chi connectivity index (χ1) is 8.31. The molecule has 3 rings (SSSR count). The Balaban J connectivity index is 1.74. The van der Waals surface area contributed by atoms with E-state index in [4.69, 9.17) is 11.6 Å². The maximum atomic E-state index is 5.94. The molecule has 17 heavy (non-hydrogen) atoms. The van der Waals surface area contributed by atoms with Crippen molar-refractivity contribution >= 4 is 11.6 Å². The number of halogens is 1. The predicted molar refractivity (Wildman–Crippen MR) is 66.2 cm³/mol. The predicted octanol–water partition coefficient (Wildman–Crippen LogP) is 2.17. The molecule has 1 aromatic heterocycles. The highest BCUT2D eigenvalue weighted by molar-refractivity contribution is 6.30. The minimum Gasteiger partial charge on any atom is -0.308 e. The number of hydrogen-bond acceptors (Lipinski definition) is 3. The van der Waals surface area contributed by atoms with Crippen molar-refractivity contribution in [3.8, 4) is 5.69 Å². The lowest BCUT2D eigenvalue weighted by molar-refractivity contribution is 0.671. The van der Waals surface area contributed by atoms with Gasteiger partial charge in [0.25, 0.3) is 0 Å². The maximum Gasteiger partial charge on any atom is 0.0969 e. The molecular weight excluding hydrogens is 236 g/mol. The quantitative estimate of drug-likeness (QED) is 0.902. The van der Waals surface area contributed by atoms with Gasteiger partial charge in [-0.05, 0) is 31.0 Å². The van der Waals surface area contributed by atoms with Crippen LogP contribution in [0.4, 0.5) is 0 Å². The average Bonchev–Trinajstić information content (AvgIpc) is 3.04. The molecule has 0 aliphatic heterocycles. The molecule has 0 saturated heterocycles. The van der Waals surface area contributed by atoms with E-state index in [-0.39, 0.29) is 0 Å². The number of benzene rings is 1. The molecule has 1 heterocycles. The molecule has 2 aromatic rings. The Kier molecular flexibility index (Phi) is 2.82. The summed E-state index contributed by atoms with van der Waals surface area (Å²) in [5, 5.41) is 12.3. The van der Waals surface area contributed by atoms with E-state index in [1.54, 1.807) is 4.68 Å². The van der Waals surface area contributed by atoms with Gasteiger partial charge < -0.3 is 5.32 Å². The Morgan fingerprint density at radius 2 is 2.29 bits per heavy atom. The number of nitrogens with one attached hydrogen (secondary N) is 1. The van der Waals surface area contributed by atoms with Crippen molar-refractivity contribution in [2.45, 2.75) is 25.4 Å². The molecular formula is C12H13ClN4. The molecule has 88 valence electrons. The summed E-state index contributed by atoms with van der Waals surface area (Å²) in [7, 11) is 0. The minimum atomic E-state index is 0.686. The van der Waals surface area contributed by atoms with Crippen LogP contribution in [-0.2, 0) is 6.54 Å². The first kappa shape index (κ1) is 10.7. The van der Waals surface area contributed by atoms with E-state index < -0.39 is 0 Å². The van der Waals surface area contributed by atoms with Gasteiger partial charge >= 0.3 is 0 Å². The molecule has 5 heteroatoms. The molecule has 0 spiro atoms. The molecule has 1 aliphatic rings. The van der Waals surface area contributed by atoms with Crippen LogP contribution in [0.5, 0.6) is 0 Å². The van der Waals surface area contributed by atoms with Crippen molar-refractivity contribution < 1.29 is 0 Å². The molecule has 1 aliphatic carbocycles. The van der Waals surface area contributed by atoms with Gasteiger partial charge in [-0.2, -0.15) is 0 Å². The van der Waals surface area contributed by atoms with E-state index in [1.165, 1.54) is 12.8 Å². The van der Waals surface area contributed by atoms with Gasteiger partial charge in [0.1, 0.15) is 0 Å². The molecule has 0 bridgehead atoms. The van der Waals surface area contributed by atoms with Crippen LogP contribution in [0.3, 0.4) is 0 Å². The van der Waals surface area contributed by atoms with E-state index in [0.717, 1.165) is 17.9 Å². The fourth-order valence-corrected chi connectivity index (χ4v) is 1.85. The second-order valence-electron chi connectivity index (χ2n) is 4.29. The molecule has 0 atom stereocenters. The Labute approximate surface area is 105 Å². The van der Waals surface area contributed by atoms with Gasteiger partial charge in [0, 0.05) is 17.6 Å². The fraction of sp³-hybridized carbons (Fsp3) is 0.333. The lowest BCUT2D eigenvalue weighted by Crippen LogP contribution is -2.15. The first-order valence-corrected chi connectivity index (χ1v) is 6.09. The zero-order chi connectivity index (χ0) is 11.7. The number of hydrogen-bond donors (Lipinski definition) is 1. The zero-order valence-corrected chi connectivity index (χ0v) is 10.1. The highest BCUT2D eigenvalue weighted by atomic mass is 35.5. The third kappa shape index (κ3) is 2.65. The first-order valence-electron chi connectivity index (χ1n) is 5.72. The van der Waals surface area contributed by atoms with Gasteiger partial charge in [0.2, 0.25) is 0 Å². The molecule has 0 unspecified atom stereocenters. The summed E-state index contributed by atoms with van der Waals surface area (Å²) in [4.78, 5) is 0. The van der Waals surface area contributed by atoms with Gasteiger partial charge in [0.05, 0.1) is 17.6 Å². The van der Waals surface area contributed by atoms with E-state index >= 15 is 0 Å². The van der Waals surface area contributed by atoms with Crippen LogP contribution >= 0.6 is 11.6 Å². The SMILES string of the molecule is Clc1cccc(-n2cc(CNC3CC3)nn2)c1. The average molecular weight is 249 g/mol. The number of rotatable bonds is 4. The summed E-state index contributed by atoms with van der Waals surface area (Å²) in [5.74, 6) is 0. The normalized spacial score (nSPS) is 15.1. The Morgan fingerprint density at radius 1 is 1.41 bits per heavy atom. The van der Waals surface area contributed by atoms with Crippen LogP contribution in [0.25, 0.3) is 5.69 Å². The molecule has 1 saturated carbocycles. The second kappa shape index (κ2) is 4.47. The summed E-state index contributed by atoms with van der Waals surface area (Å²) in [6.45, 7) is 0.783. The van der Waals surface area contributed by atoms with E-state index in [2.05, 4.69) is 15.6 Å². The standard InChI is InChI=1S/C12H13ClN4/c13-9-2-1-3-12(6-9)17-8-11(15-16-17)7-14-10-4-5-10/h1-3,6,8,10,14H,4-5,7H2. The van der Waals surface area contributed by atoms with Gasteiger partial charge in [-0.25, -0.2) is 4.68 Å². The lowest BCUT2D eigenvalue weighted by atomic mass is 10.3. The van der Waals surface area contributed by atoms with Gasteiger partial charge in [-0.3, -0.25) is 0 Å². The van der Waals surface area contributed by atoms with Crippen LogP contribution in [0.15, 0.2) is 30.5 Å². The molecule has 1 fully saturated rings. The molecule has 4 nitrogen and oxygen atoms in total. The fourth-order valence-electron chi connectivity index (χ4n) is 1.66. The summed E-state index contributed by atoms with van der Waals surface area (Å²) in [6.07, 6.45) is 4.49. The second-order valence-corrected chi connectivity index (χ2v) is 4.73. The molecule has 0 amide bonds. The summed E-state index contributed by atoms with van der Waals surface area (Å²) >= 11 is 5.94. The molecule has 0 radical (unpaired) electrons. The monoisotopic (exact) mass is 248 g/mol. The van der Waals surface area contributed by atoms with Crippen molar-refractivity contribution in [3.63, 3.8) is 0 Å². The molecule has 1 aromatic carbocycles. The van der Waals surface area contributed by atoms with Crippen LogP contribution in [0, 0.1) is 0 Å². The van der Waals surface area contributed by atoms with E-state index in [9.17, 15) is 0 Å². The van der Waals surface area contributed by atoms with Crippen LogP contribution in [0.2, 0.25) is 5.02 Å². The van der Waals surface area contributed by atoms with Crippen LogP contribution in [-0.4, -0.2) is 21.0 Å². The Bertz CT molecular complexity index is 519. The van der Waals surface area contributed by atoms with E-state index in [0.29, 0.717) is 11.1 Å². The summed E-state index contributed by atoms with van der Waals surface area (Å²) in [5.41, 5.74) is 1.89. The lowest BCUT2D eigenvalue weighted by Gasteiger charge is -1.99. The topological polar surface area (TPSA) is 42.7 Å². The molecule has 1 N–H and O–H groups in total. The highest BCUT2D eigenvalue weighted by Crippen LogP contribution is 2.19. The Morgan fingerprint density at radius 3 is 3.06 bits per heavy atom. The van der Waals surface area contributed by atoms with Gasteiger partial charge in [-0.15, -0.1) is 5.10 Å². The largest absolute Gasteiger partial charge is 0.308 e. The summed E-state index contributed by atoms with van der Waals surface area (Å²) in [6, 6.07) is 8.26. The third-order valence-electron chi connectivity index (χ3n) is 2.76. The minimum absolute atomic E-state index is 0.686.